The minimum atomic E-state index is -4.34. The highest BCUT2D eigenvalue weighted by molar-refractivity contribution is 6.27. The SMILES string of the molecule is Cl.O=C(CCl)N1CCN(c2cccc(C(F)(F)F)c2)CC1. The molecule has 0 unspecified atom stereocenters. The van der Waals surface area contributed by atoms with Crippen LogP contribution in [0.4, 0.5) is 18.9 Å². The van der Waals surface area contributed by atoms with E-state index in [0.717, 1.165) is 12.1 Å². The molecule has 0 bridgehead atoms. The number of piperazine rings is 1. The maximum absolute atomic E-state index is 12.7. The van der Waals surface area contributed by atoms with Gasteiger partial charge in [0.2, 0.25) is 5.91 Å². The fraction of sp³-hybridized carbons (Fsp3) is 0.462. The van der Waals surface area contributed by atoms with Crippen LogP contribution < -0.4 is 4.90 Å². The van der Waals surface area contributed by atoms with Crippen molar-refractivity contribution in [1.29, 1.82) is 0 Å². The Balaban J connectivity index is 0.00000220. The lowest BCUT2D eigenvalue weighted by molar-refractivity contribution is -0.137. The van der Waals surface area contributed by atoms with Crippen molar-refractivity contribution in [1.82, 2.24) is 4.90 Å². The summed E-state index contributed by atoms with van der Waals surface area (Å²) in [5.41, 5.74) is -0.132. The van der Waals surface area contributed by atoms with E-state index >= 15 is 0 Å². The quantitative estimate of drug-likeness (QED) is 0.771. The highest BCUT2D eigenvalue weighted by atomic mass is 35.5. The van der Waals surface area contributed by atoms with E-state index in [1.54, 1.807) is 11.0 Å². The molecular formula is C13H15Cl2F3N2O. The van der Waals surface area contributed by atoms with Crippen LogP contribution in [0, 0.1) is 0 Å². The smallest absolute Gasteiger partial charge is 0.368 e. The average Bonchev–Trinajstić information content (AvgIpc) is 2.46. The minimum absolute atomic E-state index is 0. The van der Waals surface area contributed by atoms with Crippen LogP contribution in [-0.4, -0.2) is 42.9 Å². The zero-order valence-corrected chi connectivity index (χ0v) is 12.6. The van der Waals surface area contributed by atoms with Gasteiger partial charge < -0.3 is 9.80 Å². The maximum atomic E-state index is 12.7. The number of anilines is 1. The fourth-order valence-electron chi connectivity index (χ4n) is 2.18. The first-order chi connectivity index (χ1) is 9.41. The Hall–Kier alpha value is -1.14. The third kappa shape index (κ3) is 4.41. The van der Waals surface area contributed by atoms with Gasteiger partial charge >= 0.3 is 6.18 Å². The molecule has 1 aromatic rings. The van der Waals surface area contributed by atoms with Gasteiger partial charge in [-0.15, -0.1) is 24.0 Å². The summed E-state index contributed by atoms with van der Waals surface area (Å²) in [4.78, 5) is 14.9. The van der Waals surface area contributed by atoms with Gasteiger partial charge in [-0.25, -0.2) is 0 Å². The molecule has 0 spiro atoms. The van der Waals surface area contributed by atoms with Crippen molar-refractivity contribution < 1.29 is 18.0 Å². The van der Waals surface area contributed by atoms with E-state index in [9.17, 15) is 18.0 Å². The lowest BCUT2D eigenvalue weighted by Gasteiger charge is -2.36. The summed E-state index contributed by atoms with van der Waals surface area (Å²) in [7, 11) is 0. The van der Waals surface area contributed by atoms with Gasteiger partial charge in [0.05, 0.1) is 5.56 Å². The van der Waals surface area contributed by atoms with Crippen LogP contribution in [0.15, 0.2) is 24.3 Å². The van der Waals surface area contributed by atoms with Crippen LogP contribution in [0.1, 0.15) is 5.56 Å². The van der Waals surface area contributed by atoms with Gasteiger partial charge in [0, 0.05) is 31.9 Å². The van der Waals surface area contributed by atoms with Crippen molar-refractivity contribution in [2.45, 2.75) is 6.18 Å². The first-order valence-corrected chi connectivity index (χ1v) is 6.71. The van der Waals surface area contributed by atoms with E-state index in [0.29, 0.717) is 31.9 Å². The van der Waals surface area contributed by atoms with Gasteiger partial charge in [-0.1, -0.05) is 6.07 Å². The molecule has 1 aromatic carbocycles. The van der Waals surface area contributed by atoms with E-state index in [1.165, 1.54) is 6.07 Å². The molecule has 0 aliphatic carbocycles. The first kappa shape index (κ1) is 17.9. The average molecular weight is 343 g/mol. The molecule has 21 heavy (non-hydrogen) atoms. The molecular weight excluding hydrogens is 328 g/mol. The number of hydrogen-bond donors (Lipinski definition) is 0. The molecule has 0 atom stereocenters. The van der Waals surface area contributed by atoms with E-state index in [1.807, 2.05) is 4.90 Å². The summed E-state index contributed by atoms with van der Waals surface area (Å²) in [6.07, 6.45) is -4.34. The number of nitrogens with zero attached hydrogens (tertiary/aromatic N) is 2. The molecule has 1 amide bonds. The molecule has 118 valence electrons. The number of alkyl halides is 4. The Kier molecular flexibility index (Phi) is 6.16. The molecule has 0 aromatic heterocycles. The topological polar surface area (TPSA) is 23.6 Å². The lowest BCUT2D eigenvalue weighted by Crippen LogP contribution is -2.49. The van der Waals surface area contributed by atoms with Crippen LogP contribution in [0.5, 0.6) is 0 Å². The molecule has 2 rings (SSSR count). The first-order valence-electron chi connectivity index (χ1n) is 6.18. The fourth-order valence-corrected chi connectivity index (χ4v) is 2.35. The van der Waals surface area contributed by atoms with Crippen LogP contribution in [-0.2, 0) is 11.0 Å². The Morgan fingerprint density at radius 2 is 1.81 bits per heavy atom. The second-order valence-corrected chi connectivity index (χ2v) is 4.82. The van der Waals surface area contributed by atoms with Crippen molar-refractivity contribution >= 4 is 35.6 Å². The molecule has 3 nitrogen and oxygen atoms in total. The van der Waals surface area contributed by atoms with E-state index in [4.69, 9.17) is 11.6 Å². The summed E-state index contributed by atoms with van der Waals surface area (Å²) >= 11 is 5.48. The predicted octanol–water partition coefficient (Wildman–Crippen LogP) is 3.01. The van der Waals surface area contributed by atoms with Gasteiger partial charge in [0.25, 0.3) is 0 Å². The van der Waals surface area contributed by atoms with Crippen LogP contribution >= 0.6 is 24.0 Å². The highest BCUT2D eigenvalue weighted by Gasteiger charge is 2.31. The third-order valence-corrected chi connectivity index (χ3v) is 3.51. The molecule has 1 aliphatic rings. The van der Waals surface area contributed by atoms with E-state index < -0.39 is 11.7 Å². The summed E-state index contributed by atoms with van der Waals surface area (Å²) in [6.45, 7) is 1.96. The molecule has 1 aliphatic heterocycles. The van der Waals surface area contributed by atoms with Crippen LogP contribution in [0.3, 0.4) is 0 Å². The third-order valence-electron chi connectivity index (χ3n) is 3.29. The molecule has 1 heterocycles. The zero-order chi connectivity index (χ0) is 14.8. The predicted molar refractivity (Wildman–Crippen MR) is 78.2 cm³/mol. The highest BCUT2D eigenvalue weighted by Crippen LogP contribution is 2.31. The number of carbonyl (C=O) groups excluding carboxylic acids is 1. The van der Waals surface area contributed by atoms with Crippen molar-refractivity contribution in [2.24, 2.45) is 0 Å². The summed E-state index contributed by atoms with van der Waals surface area (Å²) in [6, 6.07) is 5.23. The maximum Gasteiger partial charge on any atom is 0.416 e. The summed E-state index contributed by atoms with van der Waals surface area (Å²) in [5, 5.41) is 0. The van der Waals surface area contributed by atoms with Crippen molar-refractivity contribution in [3.63, 3.8) is 0 Å². The monoisotopic (exact) mass is 342 g/mol. The van der Waals surface area contributed by atoms with Crippen LogP contribution in [0.2, 0.25) is 0 Å². The van der Waals surface area contributed by atoms with Crippen molar-refractivity contribution in [3.8, 4) is 0 Å². The normalized spacial score (nSPS) is 15.6. The molecule has 0 saturated carbocycles. The number of hydrogen-bond acceptors (Lipinski definition) is 2. The summed E-state index contributed by atoms with van der Waals surface area (Å²) in [5.74, 6) is -0.209. The van der Waals surface area contributed by atoms with Gasteiger partial charge in [0.1, 0.15) is 5.88 Å². The second-order valence-electron chi connectivity index (χ2n) is 4.55. The lowest BCUT2D eigenvalue weighted by atomic mass is 10.1. The second kappa shape index (κ2) is 7.22. The van der Waals surface area contributed by atoms with E-state index in [2.05, 4.69) is 0 Å². The van der Waals surface area contributed by atoms with Gasteiger partial charge in [-0.2, -0.15) is 13.2 Å². The van der Waals surface area contributed by atoms with E-state index in [-0.39, 0.29) is 24.2 Å². The molecule has 1 fully saturated rings. The Labute approximate surface area is 132 Å². The standard InChI is InChI=1S/C13H14ClF3N2O.ClH/c14-9-12(20)19-6-4-18(5-7-19)11-3-1-2-10(8-11)13(15,16)17;/h1-3,8H,4-7,9H2;1H. The Morgan fingerprint density at radius 3 is 2.33 bits per heavy atom. The molecule has 0 N–H and O–H groups in total. The minimum Gasteiger partial charge on any atom is -0.368 e. The summed E-state index contributed by atoms with van der Waals surface area (Å²) < 4.78 is 38.0. The number of amides is 1. The molecule has 1 saturated heterocycles. The van der Waals surface area contributed by atoms with Crippen molar-refractivity contribution in [2.75, 3.05) is 37.0 Å². The zero-order valence-electron chi connectivity index (χ0n) is 11.1. The number of benzene rings is 1. The molecule has 0 radical (unpaired) electrons. The largest absolute Gasteiger partial charge is 0.416 e. The number of halogens is 5. The van der Waals surface area contributed by atoms with Gasteiger partial charge in [-0.3, -0.25) is 4.79 Å². The number of carbonyl (C=O) groups is 1. The molecule has 8 heteroatoms. The Morgan fingerprint density at radius 1 is 1.19 bits per heavy atom. The van der Waals surface area contributed by atoms with Gasteiger partial charge in [-0.05, 0) is 18.2 Å². The Bertz CT molecular complexity index is 489. The van der Waals surface area contributed by atoms with Gasteiger partial charge in [0.15, 0.2) is 0 Å². The van der Waals surface area contributed by atoms with Crippen molar-refractivity contribution in [3.05, 3.63) is 29.8 Å². The number of rotatable bonds is 2. The van der Waals surface area contributed by atoms with Crippen LogP contribution in [0.25, 0.3) is 0 Å².